The van der Waals surface area contributed by atoms with E-state index < -0.39 is 5.79 Å². The van der Waals surface area contributed by atoms with E-state index >= 15 is 0 Å². The summed E-state index contributed by atoms with van der Waals surface area (Å²) < 4.78 is 10.8. The van der Waals surface area contributed by atoms with Gasteiger partial charge in [-0.25, -0.2) is 0 Å². The van der Waals surface area contributed by atoms with Crippen LogP contribution in [0.15, 0.2) is 0 Å². The van der Waals surface area contributed by atoms with Gasteiger partial charge in [0.05, 0.1) is 13.2 Å². The van der Waals surface area contributed by atoms with Gasteiger partial charge in [-0.15, -0.1) is 0 Å². The molecule has 0 aromatic heterocycles. The third-order valence-corrected chi connectivity index (χ3v) is 2.06. The molecule has 0 amide bonds. The average molecular weight is 172 g/mol. The van der Waals surface area contributed by atoms with Crippen molar-refractivity contribution in [3.8, 4) is 0 Å². The summed E-state index contributed by atoms with van der Waals surface area (Å²) in [6.45, 7) is 4.89. The Bertz CT molecular complexity index is 159. The van der Waals surface area contributed by atoms with E-state index in [0.717, 1.165) is 12.8 Å². The molecule has 1 aliphatic heterocycles. The van der Waals surface area contributed by atoms with Gasteiger partial charge < -0.3 is 14.3 Å². The number of carbonyl (C=O) groups is 1. The maximum atomic E-state index is 10.6. The molecule has 0 aliphatic carbocycles. The van der Waals surface area contributed by atoms with E-state index in [1.54, 1.807) is 6.92 Å². The fourth-order valence-corrected chi connectivity index (χ4v) is 1.36. The number of Topliss-reactive ketones (excluding diaryl/α,β-unsaturated/α-hetero) is 1. The van der Waals surface area contributed by atoms with Crippen molar-refractivity contribution in [1.29, 1.82) is 0 Å². The van der Waals surface area contributed by atoms with E-state index in [4.69, 9.17) is 9.47 Å². The van der Waals surface area contributed by atoms with Crippen LogP contribution in [0.25, 0.3) is 0 Å². The molecule has 0 bridgehead atoms. The van der Waals surface area contributed by atoms with Gasteiger partial charge in [0, 0.05) is 12.8 Å². The quantitative estimate of drug-likeness (QED) is 0.644. The lowest BCUT2D eigenvalue weighted by molar-refractivity contribution is -0.148. The highest BCUT2D eigenvalue weighted by Crippen LogP contribution is 2.24. The monoisotopic (exact) mass is 172 g/mol. The molecule has 0 atom stereocenters. The number of hydrogen-bond acceptors (Lipinski definition) is 3. The first-order valence-corrected chi connectivity index (χ1v) is 4.40. The van der Waals surface area contributed by atoms with Crippen LogP contribution in [0.3, 0.4) is 0 Å². The highest BCUT2D eigenvalue weighted by atomic mass is 16.7. The first kappa shape index (κ1) is 9.68. The third-order valence-electron chi connectivity index (χ3n) is 2.06. The lowest BCUT2D eigenvalue weighted by Gasteiger charge is -2.21. The lowest BCUT2D eigenvalue weighted by atomic mass is 10.1. The Kier molecular flexibility index (Phi) is 3.23. The maximum absolute atomic E-state index is 10.6. The normalized spacial score (nSPS) is 21.2. The van der Waals surface area contributed by atoms with Gasteiger partial charge in [0.2, 0.25) is 0 Å². The molecule has 0 saturated carbocycles. The summed E-state index contributed by atoms with van der Waals surface area (Å²) in [7, 11) is 0. The summed E-state index contributed by atoms with van der Waals surface area (Å²) in [4.78, 5) is 10.6. The molecule has 1 aliphatic rings. The Morgan fingerprint density at radius 1 is 1.42 bits per heavy atom. The van der Waals surface area contributed by atoms with Crippen LogP contribution in [0.5, 0.6) is 0 Å². The molecule has 1 heterocycles. The second-order valence-electron chi connectivity index (χ2n) is 3.39. The Hall–Kier alpha value is -0.410. The van der Waals surface area contributed by atoms with E-state index in [9.17, 15) is 4.79 Å². The number of rotatable bonds is 4. The Morgan fingerprint density at radius 3 is 2.50 bits per heavy atom. The van der Waals surface area contributed by atoms with Crippen molar-refractivity contribution in [2.45, 2.75) is 38.9 Å². The third kappa shape index (κ3) is 2.91. The highest BCUT2D eigenvalue weighted by Gasteiger charge is 2.29. The minimum Gasteiger partial charge on any atom is -0.348 e. The molecular formula is C9H16O3. The van der Waals surface area contributed by atoms with Crippen LogP contribution in [0, 0.1) is 0 Å². The Morgan fingerprint density at radius 2 is 2.00 bits per heavy atom. The second-order valence-corrected chi connectivity index (χ2v) is 3.39. The van der Waals surface area contributed by atoms with Gasteiger partial charge in [-0.2, -0.15) is 0 Å². The fourth-order valence-electron chi connectivity index (χ4n) is 1.36. The molecule has 0 spiro atoms. The summed E-state index contributed by atoms with van der Waals surface area (Å²) >= 11 is 0. The van der Waals surface area contributed by atoms with Crippen molar-refractivity contribution in [2.75, 3.05) is 13.2 Å². The fraction of sp³-hybridized carbons (Fsp3) is 0.889. The van der Waals surface area contributed by atoms with Crippen LogP contribution in [0.2, 0.25) is 0 Å². The van der Waals surface area contributed by atoms with E-state index in [1.165, 1.54) is 0 Å². The molecule has 0 aromatic carbocycles. The number of ether oxygens (including phenoxy) is 2. The molecule has 70 valence electrons. The molecule has 1 fully saturated rings. The van der Waals surface area contributed by atoms with Crippen molar-refractivity contribution in [2.24, 2.45) is 0 Å². The molecule has 1 rings (SSSR count). The summed E-state index contributed by atoms with van der Waals surface area (Å²) in [6, 6.07) is 0. The highest BCUT2D eigenvalue weighted by molar-refractivity contribution is 5.75. The van der Waals surface area contributed by atoms with Crippen molar-refractivity contribution >= 4 is 5.78 Å². The van der Waals surface area contributed by atoms with Crippen LogP contribution < -0.4 is 0 Å². The summed E-state index contributed by atoms with van der Waals surface area (Å²) in [5.74, 6) is -0.188. The molecule has 0 aromatic rings. The predicted octanol–water partition coefficient (Wildman–Crippen LogP) is 1.51. The standard InChI is InChI=1S/C9H16O3/c1-8(10)4-3-5-9(2)11-6-7-12-9/h3-7H2,1-2H3. The van der Waals surface area contributed by atoms with Crippen LogP contribution in [0.1, 0.15) is 33.1 Å². The van der Waals surface area contributed by atoms with Crippen molar-refractivity contribution < 1.29 is 14.3 Å². The van der Waals surface area contributed by atoms with E-state index in [-0.39, 0.29) is 5.78 Å². The summed E-state index contributed by atoms with van der Waals surface area (Å²) in [5.41, 5.74) is 0. The van der Waals surface area contributed by atoms with Gasteiger partial charge in [0.15, 0.2) is 5.79 Å². The van der Waals surface area contributed by atoms with Crippen LogP contribution in [-0.2, 0) is 14.3 Å². The topological polar surface area (TPSA) is 35.5 Å². The zero-order valence-corrected chi connectivity index (χ0v) is 7.76. The van der Waals surface area contributed by atoms with Gasteiger partial charge in [-0.05, 0) is 20.3 Å². The SMILES string of the molecule is CC(=O)CCCC1(C)OCCO1. The molecule has 12 heavy (non-hydrogen) atoms. The molecule has 0 N–H and O–H groups in total. The zero-order chi connectivity index (χ0) is 9.03. The first-order valence-electron chi connectivity index (χ1n) is 4.40. The Balaban J connectivity index is 2.17. The van der Waals surface area contributed by atoms with Gasteiger partial charge in [-0.1, -0.05) is 0 Å². The van der Waals surface area contributed by atoms with Gasteiger partial charge in [-0.3, -0.25) is 0 Å². The molecule has 1 saturated heterocycles. The minimum absolute atomic E-state index is 0.233. The largest absolute Gasteiger partial charge is 0.348 e. The van der Waals surface area contributed by atoms with Crippen LogP contribution >= 0.6 is 0 Å². The van der Waals surface area contributed by atoms with Crippen molar-refractivity contribution in [3.05, 3.63) is 0 Å². The van der Waals surface area contributed by atoms with Crippen molar-refractivity contribution in [1.82, 2.24) is 0 Å². The second kappa shape index (κ2) is 4.01. The van der Waals surface area contributed by atoms with Crippen LogP contribution in [-0.4, -0.2) is 24.8 Å². The zero-order valence-electron chi connectivity index (χ0n) is 7.76. The average Bonchev–Trinajstić information content (AvgIpc) is 2.35. The van der Waals surface area contributed by atoms with Crippen LogP contribution in [0.4, 0.5) is 0 Å². The molecule has 0 unspecified atom stereocenters. The lowest BCUT2D eigenvalue weighted by Crippen LogP contribution is -2.25. The van der Waals surface area contributed by atoms with Gasteiger partial charge >= 0.3 is 0 Å². The van der Waals surface area contributed by atoms with Gasteiger partial charge in [0.25, 0.3) is 0 Å². The van der Waals surface area contributed by atoms with E-state index in [1.807, 2.05) is 6.92 Å². The smallest absolute Gasteiger partial charge is 0.165 e. The molecule has 0 radical (unpaired) electrons. The maximum Gasteiger partial charge on any atom is 0.165 e. The number of carbonyl (C=O) groups excluding carboxylic acids is 1. The minimum atomic E-state index is -0.421. The summed E-state index contributed by atoms with van der Waals surface area (Å²) in [6.07, 6.45) is 2.29. The number of ketones is 1. The summed E-state index contributed by atoms with van der Waals surface area (Å²) in [5, 5.41) is 0. The van der Waals surface area contributed by atoms with E-state index in [2.05, 4.69) is 0 Å². The molecule has 3 nitrogen and oxygen atoms in total. The van der Waals surface area contributed by atoms with Crippen molar-refractivity contribution in [3.63, 3.8) is 0 Å². The number of hydrogen-bond donors (Lipinski definition) is 0. The Labute approximate surface area is 73.0 Å². The van der Waals surface area contributed by atoms with Gasteiger partial charge in [0.1, 0.15) is 5.78 Å². The first-order chi connectivity index (χ1) is 5.62. The van der Waals surface area contributed by atoms with E-state index in [0.29, 0.717) is 19.6 Å². The molecular weight excluding hydrogens is 156 g/mol. The predicted molar refractivity (Wildman–Crippen MR) is 44.8 cm³/mol. The molecule has 3 heteroatoms.